The first-order valence-electron chi connectivity index (χ1n) is 16.1. The summed E-state index contributed by atoms with van der Waals surface area (Å²) in [6.07, 6.45) is -0.275. The van der Waals surface area contributed by atoms with E-state index in [2.05, 4.69) is 13.8 Å². The molecule has 10 heteroatoms. The highest BCUT2D eigenvalue weighted by Crippen LogP contribution is 2.38. The summed E-state index contributed by atoms with van der Waals surface area (Å²) in [4.78, 5) is 41.8. The van der Waals surface area contributed by atoms with Crippen molar-refractivity contribution in [1.82, 2.24) is 4.90 Å². The highest BCUT2D eigenvalue weighted by Gasteiger charge is 2.49. The van der Waals surface area contributed by atoms with Crippen LogP contribution in [-0.2, 0) is 30.2 Å². The fourth-order valence-electron chi connectivity index (χ4n) is 5.44. The Kier molecular flexibility index (Phi) is 14.0. The van der Waals surface area contributed by atoms with E-state index in [0.717, 1.165) is 12.0 Å². The Morgan fingerprint density at radius 3 is 2.11 bits per heavy atom. The molecule has 1 aromatic carbocycles. The number of ether oxygens (including phenoxy) is 6. The molecule has 1 saturated heterocycles. The second-order valence-corrected chi connectivity index (χ2v) is 14.6. The van der Waals surface area contributed by atoms with Crippen LogP contribution in [-0.4, -0.2) is 73.8 Å². The van der Waals surface area contributed by atoms with Crippen LogP contribution in [0.1, 0.15) is 94.1 Å². The Hall–Kier alpha value is -3.01. The van der Waals surface area contributed by atoms with E-state index >= 15 is 0 Å². The Morgan fingerprint density at radius 2 is 1.58 bits per heavy atom. The van der Waals surface area contributed by atoms with Crippen LogP contribution in [0.4, 0.5) is 9.59 Å². The molecule has 0 saturated carbocycles. The van der Waals surface area contributed by atoms with Gasteiger partial charge in [-0.25, -0.2) is 14.5 Å². The Labute approximate surface area is 270 Å². The third-order valence-electron chi connectivity index (χ3n) is 7.80. The largest absolute Gasteiger partial charge is 0.509 e. The molecule has 256 valence electrons. The van der Waals surface area contributed by atoms with Gasteiger partial charge in [0, 0.05) is 26.1 Å². The quantitative estimate of drug-likeness (QED) is 0.161. The van der Waals surface area contributed by atoms with E-state index in [1.807, 2.05) is 32.0 Å². The van der Waals surface area contributed by atoms with Gasteiger partial charge in [0.05, 0.1) is 19.8 Å². The third kappa shape index (κ3) is 12.0. The van der Waals surface area contributed by atoms with Crippen LogP contribution in [0, 0.1) is 23.7 Å². The SMILES string of the molecule is COCCCOc1cc(C[C@H](C[C@H]2[C@@H](OC(=O)OC(C)(C)C)C[C@@H](C(C)C)C(=O)N2C(=O)OC(C)(C)C)C(C)C)ccc1OC. The Bertz CT molecular complexity index is 1120. The first-order valence-corrected chi connectivity index (χ1v) is 16.1. The van der Waals surface area contributed by atoms with E-state index in [1.54, 1.807) is 55.8 Å². The van der Waals surface area contributed by atoms with Gasteiger partial charge >= 0.3 is 12.2 Å². The van der Waals surface area contributed by atoms with E-state index in [0.29, 0.717) is 37.6 Å². The summed E-state index contributed by atoms with van der Waals surface area (Å²) in [7, 11) is 3.26. The smallest absolute Gasteiger partial charge is 0.493 e. The van der Waals surface area contributed by atoms with Crippen LogP contribution in [0.15, 0.2) is 18.2 Å². The molecule has 1 aliphatic heterocycles. The highest BCUT2D eigenvalue weighted by molar-refractivity contribution is 5.95. The van der Waals surface area contributed by atoms with Crippen molar-refractivity contribution in [2.24, 2.45) is 23.7 Å². The molecular formula is C35H57NO9. The summed E-state index contributed by atoms with van der Waals surface area (Å²) in [6.45, 7) is 19.7. The van der Waals surface area contributed by atoms with Gasteiger partial charge in [-0.3, -0.25) is 4.79 Å². The van der Waals surface area contributed by atoms with E-state index in [-0.39, 0.29) is 30.1 Å². The maximum Gasteiger partial charge on any atom is 0.509 e. The average molecular weight is 636 g/mol. The summed E-state index contributed by atoms with van der Waals surface area (Å²) >= 11 is 0. The number of imide groups is 1. The highest BCUT2D eigenvalue weighted by atomic mass is 16.7. The summed E-state index contributed by atoms with van der Waals surface area (Å²) in [5.74, 6) is 0.516. The van der Waals surface area contributed by atoms with Crippen molar-refractivity contribution >= 4 is 18.2 Å². The molecule has 10 nitrogen and oxygen atoms in total. The molecule has 0 spiro atoms. The fraction of sp³-hybridized carbons (Fsp3) is 0.743. The molecule has 0 aliphatic carbocycles. The molecule has 0 unspecified atom stereocenters. The molecule has 1 heterocycles. The van der Waals surface area contributed by atoms with Gasteiger partial charge in [-0.1, -0.05) is 33.8 Å². The number of benzene rings is 1. The zero-order chi connectivity index (χ0) is 34.1. The topological polar surface area (TPSA) is 110 Å². The average Bonchev–Trinajstić information content (AvgIpc) is 2.89. The maximum atomic E-state index is 14.0. The van der Waals surface area contributed by atoms with Gasteiger partial charge < -0.3 is 28.4 Å². The zero-order valence-corrected chi connectivity index (χ0v) is 29.6. The number of nitrogens with zero attached hydrogens (tertiary/aromatic N) is 1. The van der Waals surface area contributed by atoms with Crippen molar-refractivity contribution in [3.63, 3.8) is 0 Å². The van der Waals surface area contributed by atoms with Crippen LogP contribution in [0.2, 0.25) is 0 Å². The molecular weight excluding hydrogens is 578 g/mol. The fourth-order valence-corrected chi connectivity index (χ4v) is 5.44. The van der Waals surface area contributed by atoms with Gasteiger partial charge in [0.25, 0.3) is 0 Å². The first-order chi connectivity index (χ1) is 20.9. The van der Waals surface area contributed by atoms with Crippen molar-refractivity contribution in [1.29, 1.82) is 0 Å². The number of methoxy groups -OCH3 is 2. The molecule has 1 aromatic rings. The molecule has 2 amide bonds. The second-order valence-electron chi connectivity index (χ2n) is 14.6. The number of hydrogen-bond acceptors (Lipinski definition) is 9. The minimum atomic E-state index is -0.829. The number of carbonyl (C=O) groups excluding carboxylic acids is 3. The van der Waals surface area contributed by atoms with Gasteiger partial charge in [0.15, 0.2) is 11.5 Å². The molecule has 0 N–H and O–H groups in total. The van der Waals surface area contributed by atoms with Crippen LogP contribution in [0.3, 0.4) is 0 Å². The molecule has 2 rings (SSSR count). The molecule has 45 heavy (non-hydrogen) atoms. The maximum absolute atomic E-state index is 14.0. The first kappa shape index (κ1) is 38.2. The standard InChI is InChI=1S/C35H57NO9/c1-22(2)25(18-24-14-15-28(41-12)30(19-24)42-17-13-16-40-11)20-27-29(43-33(39)45-35(8,9)10)21-26(23(3)4)31(37)36(27)32(38)44-34(5,6)7/h14-15,19,22-23,25-27,29H,13,16-18,20-21H2,1-12H3/t25-,26+,27+,29+/m1/s1. The van der Waals surface area contributed by atoms with E-state index in [1.165, 1.54) is 4.90 Å². The Morgan fingerprint density at radius 1 is 0.933 bits per heavy atom. The summed E-state index contributed by atoms with van der Waals surface area (Å²) in [5, 5.41) is 0. The summed E-state index contributed by atoms with van der Waals surface area (Å²) in [6, 6.07) is 5.11. The normalized spacial score (nSPS) is 19.8. The number of hydrogen-bond donors (Lipinski definition) is 0. The van der Waals surface area contributed by atoms with Crippen molar-refractivity contribution in [2.45, 2.75) is 118 Å². The lowest BCUT2D eigenvalue weighted by Gasteiger charge is -2.45. The summed E-state index contributed by atoms with van der Waals surface area (Å²) < 4.78 is 33.9. The van der Waals surface area contributed by atoms with Crippen LogP contribution in [0.5, 0.6) is 11.5 Å². The van der Waals surface area contributed by atoms with E-state index in [4.69, 9.17) is 28.4 Å². The second kappa shape index (κ2) is 16.5. The number of rotatable bonds is 13. The number of likely N-dealkylation sites (tertiary alicyclic amines) is 1. The van der Waals surface area contributed by atoms with E-state index < -0.39 is 41.5 Å². The van der Waals surface area contributed by atoms with Crippen molar-refractivity contribution < 1.29 is 42.8 Å². The molecule has 0 radical (unpaired) electrons. The predicted molar refractivity (Wildman–Crippen MR) is 173 cm³/mol. The van der Waals surface area contributed by atoms with Gasteiger partial charge in [-0.15, -0.1) is 0 Å². The summed E-state index contributed by atoms with van der Waals surface area (Å²) in [5.41, 5.74) is -0.571. The predicted octanol–water partition coefficient (Wildman–Crippen LogP) is 7.44. The van der Waals surface area contributed by atoms with Gasteiger partial charge in [0.1, 0.15) is 17.3 Å². The number of amides is 2. The van der Waals surface area contributed by atoms with Gasteiger partial charge in [-0.2, -0.15) is 0 Å². The van der Waals surface area contributed by atoms with Crippen LogP contribution >= 0.6 is 0 Å². The molecule has 0 bridgehead atoms. The van der Waals surface area contributed by atoms with Crippen LogP contribution in [0.25, 0.3) is 0 Å². The van der Waals surface area contributed by atoms with Crippen molar-refractivity contribution in [3.8, 4) is 11.5 Å². The minimum absolute atomic E-state index is 0.00260. The van der Waals surface area contributed by atoms with Gasteiger partial charge in [-0.05, 0) is 96.3 Å². The monoisotopic (exact) mass is 635 g/mol. The number of carbonyl (C=O) groups is 3. The number of piperidine rings is 1. The van der Waals surface area contributed by atoms with Gasteiger partial charge in [0.2, 0.25) is 5.91 Å². The molecule has 1 fully saturated rings. The minimum Gasteiger partial charge on any atom is -0.493 e. The third-order valence-corrected chi connectivity index (χ3v) is 7.80. The van der Waals surface area contributed by atoms with Crippen molar-refractivity contribution in [3.05, 3.63) is 23.8 Å². The molecule has 0 aromatic heterocycles. The Balaban J connectivity index is 2.50. The lowest BCUT2D eigenvalue weighted by molar-refractivity contribution is -0.152. The van der Waals surface area contributed by atoms with Crippen molar-refractivity contribution in [2.75, 3.05) is 27.4 Å². The molecule has 4 atom stereocenters. The molecule has 1 aliphatic rings. The lowest BCUT2D eigenvalue weighted by atomic mass is 9.77. The zero-order valence-electron chi connectivity index (χ0n) is 29.6. The van der Waals surface area contributed by atoms with E-state index in [9.17, 15) is 14.4 Å². The van der Waals surface area contributed by atoms with Crippen LogP contribution < -0.4 is 9.47 Å². The lowest BCUT2D eigenvalue weighted by Crippen LogP contribution is -2.60.